The lowest BCUT2D eigenvalue weighted by molar-refractivity contribution is -0.137. The zero-order chi connectivity index (χ0) is 46.5. The zero-order valence-electron chi connectivity index (χ0n) is 36.6. The Morgan fingerprint density at radius 2 is 1.08 bits per heavy atom. The van der Waals surface area contributed by atoms with Crippen LogP contribution >= 0.6 is 23.2 Å². The maximum absolute atomic E-state index is 13.1. The molecular formula is C46H47Cl2F3N14O. The number of aromatic nitrogens is 8. The Bertz CT molecular complexity index is 2760. The van der Waals surface area contributed by atoms with Gasteiger partial charge in [0, 0.05) is 112 Å². The average molecular weight is 940 g/mol. The number of halogens is 5. The van der Waals surface area contributed by atoms with Crippen LogP contribution in [0.1, 0.15) is 68.3 Å². The number of hydrogen-bond acceptors (Lipinski definition) is 15. The number of benzene rings is 2. The van der Waals surface area contributed by atoms with Crippen molar-refractivity contribution in [2.75, 3.05) is 79.1 Å². The molecule has 4 aliphatic heterocycles. The summed E-state index contributed by atoms with van der Waals surface area (Å²) in [6.45, 7) is 9.83. The van der Waals surface area contributed by atoms with Crippen LogP contribution in [-0.4, -0.2) is 99.3 Å². The van der Waals surface area contributed by atoms with Gasteiger partial charge < -0.3 is 24.3 Å². The van der Waals surface area contributed by atoms with Crippen molar-refractivity contribution in [1.29, 1.82) is 10.5 Å². The van der Waals surface area contributed by atoms with Gasteiger partial charge in [-0.1, -0.05) is 37.0 Å². The van der Waals surface area contributed by atoms with Crippen molar-refractivity contribution in [3.63, 3.8) is 0 Å². The standard InChI is InChI=1S/C22H19ClF3N7.C22H22ClN7O.C2H6/c23-19-16-2-1-15(22(24,25)26)9-17(16)30-21(31-19)33-11-14(12-33)18-20(29-6-5-28-18)32-7-3-13(10-27)4-8-32;1-31-16-2-3-18-17(10-16)20(23)28-22(27-18)30-12-15(13-30)19-21(26-7-6-25-19)29-8-4-14(11-24)5-9-29;1-2/h1-2,5-6,9,13-14H,3-4,7-8,11-12H2;2-3,6-7,10,14-15H,4-5,8-9,12-13H2,1H3;1-2H3. The van der Waals surface area contributed by atoms with Crippen molar-refractivity contribution in [2.24, 2.45) is 11.8 Å². The van der Waals surface area contributed by atoms with Gasteiger partial charge in [0.2, 0.25) is 11.9 Å². The fraction of sp³-hybridized carbons (Fsp3) is 0.435. The van der Waals surface area contributed by atoms with E-state index in [9.17, 15) is 13.2 Å². The van der Waals surface area contributed by atoms with Gasteiger partial charge in [0.15, 0.2) is 11.6 Å². The summed E-state index contributed by atoms with van der Waals surface area (Å²) in [5.41, 5.74) is 2.05. The Morgan fingerprint density at radius 3 is 1.55 bits per heavy atom. The number of nitriles is 2. The molecule has 0 N–H and O–H groups in total. The fourth-order valence-electron chi connectivity index (χ4n) is 8.54. The molecule has 0 aliphatic carbocycles. The normalized spacial score (nSPS) is 17.2. The van der Waals surface area contributed by atoms with E-state index in [1.165, 1.54) is 6.07 Å². The number of ether oxygens (including phenoxy) is 1. The highest BCUT2D eigenvalue weighted by Crippen LogP contribution is 2.39. The monoisotopic (exact) mass is 938 g/mol. The zero-order valence-corrected chi connectivity index (χ0v) is 38.1. The second kappa shape index (κ2) is 20.0. The first kappa shape index (κ1) is 46.2. The lowest BCUT2D eigenvalue weighted by Gasteiger charge is -2.40. The first-order valence-corrected chi connectivity index (χ1v) is 22.7. The molecule has 0 bridgehead atoms. The molecule has 4 saturated heterocycles. The number of alkyl halides is 3. The summed E-state index contributed by atoms with van der Waals surface area (Å²) >= 11 is 12.7. The number of methoxy groups -OCH3 is 1. The number of fused-ring (bicyclic) bond motifs is 2. The van der Waals surface area contributed by atoms with E-state index in [0.29, 0.717) is 35.5 Å². The van der Waals surface area contributed by atoms with Crippen LogP contribution in [0.4, 0.5) is 36.7 Å². The molecule has 15 nitrogen and oxygen atoms in total. The molecule has 0 spiro atoms. The van der Waals surface area contributed by atoms with Gasteiger partial charge in [-0.25, -0.2) is 29.9 Å². The second-order valence-corrected chi connectivity index (χ2v) is 17.0. The Morgan fingerprint density at radius 1 is 0.606 bits per heavy atom. The summed E-state index contributed by atoms with van der Waals surface area (Å²) in [6, 6.07) is 13.6. The van der Waals surface area contributed by atoms with Gasteiger partial charge in [-0.2, -0.15) is 23.7 Å². The van der Waals surface area contributed by atoms with Crippen LogP contribution < -0.4 is 24.3 Å². The Kier molecular flexibility index (Phi) is 14.0. The largest absolute Gasteiger partial charge is 0.497 e. The third-order valence-electron chi connectivity index (χ3n) is 12.3. The first-order chi connectivity index (χ1) is 32.0. The quantitative estimate of drug-likeness (QED) is 0.139. The number of rotatable bonds is 7. The summed E-state index contributed by atoms with van der Waals surface area (Å²) in [5.74, 6) is 3.97. The van der Waals surface area contributed by atoms with Crippen LogP contribution in [0.15, 0.2) is 61.2 Å². The number of nitrogens with zero attached hydrogens (tertiary/aromatic N) is 14. The minimum Gasteiger partial charge on any atom is -0.497 e. The second-order valence-electron chi connectivity index (χ2n) is 16.3. The smallest absolute Gasteiger partial charge is 0.416 e. The Labute approximate surface area is 390 Å². The summed E-state index contributed by atoms with van der Waals surface area (Å²) in [6.07, 6.45) is 5.69. The third-order valence-corrected chi connectivity index (χ3v) is 12.9. The van der Waals surface area contributed by atoms with E-state index in [4.69, 9.17) is 38.5 Å². The van der Waals surface area contributed by atoms with Gasteiger partial charge in [-0.05, 0) is 62.1 Å². The summed E-state index contributed by atoms with van der Waals surface area (Å²) in [5, 5.41) is 20.0. The molecule has 2 aromatic carbocycles. The third kappa shape index (κ3) is 9.76. The predicted molar refractivity (Wildman–Crippen MR) is 247 cm³/mol. The molecule has 6 aromatic rings. The van der Waals surface area contributed by atoms with E-state index in [1.54, 1.807) is 31.9 Å². The molecule has 0 radical (unpaired) electrons. The van der Waals surface area contributed by atoms with Gasteiger partial charge in [0.25, 0.3) is 0 Å². The summed E-state index contributed by atoms with van der Waals surface area (Å²) in [4.78, 5) is 44.6. The van der Waals surface area contributed by atoms with E-state index in [2.05, 4.69) is 66.7 Å². The van der Waals surface area contributed by atoms with Gasteiger partial charge in [0.1, 0.15) is 16.1 Å². The van der Waals surface area contributed by atoms with Gasteiger partial charge >= 0.3 is 6.18 Å². The van der Waals surface area contributed by atoms with Crippen molar-refractivity contribution >= 4 is 68.5 Å². The van der Waals surface area contributed by atoms with Crippen LogP contribution in [0.25, 0.3) is 21.8 Å². The van der Waals surface area contributed by atoms with Gasteiger partial charge in [-0.3, -0.25) is 9.97 Å². The average Bonchev–Trinajstić information content (AvgIpc) is 3.31. The Balaban J connectivity index is 0.000000173. The van der Waals surface area contributed by atoms with Crippen LogP contribution in [0.5, 0.6) is 5.75 Å². The number of piperidine rings is 2. The molecule has 8 heterocycles. The molecule has 0 unspecified atom stereocenters. The molecule has 4 aromatic heterocycles. The minimum absolute atomic E-state index is 0.0771. The van der Waals surface area contributed by atoms with E-state index >= 15 is 0 Å². The van der Waals surface area contributed by atoms with Crippen LogP contribution in [-0.2, 0) is 6.18 Å². The van der Waals surface area contributed by atoms with E-state index in [-0.39, 0.29) is 34.3 Å². The number of hydrogen-bond donors (Lipinski definition) is 0. The van der Waals surface area contributed by atoms with Crippen molar-refractivity contribution in [1.82, 2.24) is 39.9 Å². The van der Waals surface area contributed by atoms with Crippen molar-refractivity contribution < 1.29 is 17.9 Å². The van der Waals surface area contributed by atoms with E-state index in [0.717, 1.165) is 117 Å². The summed E-state index contributed by atoms with van der Waals surface area (Å²) in [7, 11) is 1.62. The van der Waals surface area contributed by atoms with Crippen LogP contribution in [0.3, 0.4) is 0 Å². The molecule has 10 rings (SSSR count). The summed E-state index contributed by atoms with van der Waals surface area (Å²) < 4.78 is 44.6. The molecule has 0 amide bonds. The van der Waals surface area contributed by atoms with Crippen molar-refractivity contribution in [3.05, 3.63) is 88.4 Å². The first-order valence-electron chi connectivity index (χ1n) is 22.0. The molecule has 66 heavy (non-hydrogen) atoms. The molecule has 4 fully saturated rings. The van der Waals surface area contributed by atoms with E-state index < -0.39 is 11.7 Å². The van der Waals surface area contributed by atoms with Gasteiger partial charge in [-0.15, -0.1) is 0 Å². The molecule has 0 saturated carbocycles. The van der Waals surface area contributed by atoms with Gasteiger partial charge in [0.05, 0.1) is 47.2 Å². The lowest BCUT2D eigenvalue weighted by atomic mass is 9.94. The highest BCUT2D eigenvalue weighted by Gasteiger charge is 2.37. The molecule has 0 atom stereocenters. The van der Waals surface area contributed by atoms with Crippen molar-refractivity contribution in [2.45, 2.75) is 57.5 Å². The topological polar surface area (TPSA) is 173 Å². The fourth-order valence-corrected chi connectivity index (χ4v) is 9.00. The maximum atomic E-state index is 13.1. The van der Waals surface area contributed by atoms with Crippen LogP contribution in [0.2, 0.25) is 10.3 Å². The molecular weight excluding hydrogens is 893 g/mol. The molecule has 342 valence electrons. The van der Waals surface area contributed by atoms with Crippen molar-refractivity contribution in [3.8, 4) is 17.9 Å². The SMILES string of the molecule is CC.COc1ccc2nc(N3CC(c4nccnc4N4CCC(C#N)CC4)C3)nc(Cl)c2c1.N#CC1CCN(c2nccnc2C2CN(c3nc(Cl)c4ccc(C(F)(F)F)cc4n3)C2)CC1. The minimum atomic E-state index is -4.46. The highest BCUT2D eigenvalue weighted by molar-refractivity contribution is 6.34. The van der Waals surface area contributed by atoms with Crippen LogP contribution in [0, 0.1) is 34.5 Å². The molecule has 4 aliphatic rings. The molecule has 20 heteroatoms. The number of anilines is 4. The lowest BCUT2D eigenvalue weighted by Crippen LogP contribution is -2.47. The van der Waals surface area contributed by atoms with E-state index in [1.807, 2.05) is 36.9 Å². The highest BCUT2D eigenvalue weighted by atomic mass is 35.5. The Hall–Kier alpha value is -6.37. The maximum Gasteiger partial charge on any atom is 0.416 e. The predicted octanol–water partition coefficient (Wildman–Crippen LogP) is 8.89.